The zero-order valence-electron chi connectivity index (χ0n) is 11.0. The Hall–Kier alpha value is -1.98. The summed E-state index contributed by atoms with van der Waals surface area (Å²) in [7, 11) is 0. The van der Waals surface area contributed by atoms with Crippen LogP contribution in [0.4, 0.5) is 8.78 Å². The Labute approximate surface area is 115 Å². The standard InChI is InChI=1S/C14H16F2O4/c1-2-20-13(19)14(12(17)18,9-11(15)16)8-10-6-4-3-5-7-10/h3-7,11H,2,8-9H2,1H3,(H,17,18). The van der Waals surface area contributed by atoms with Gasteiger partial charge >= 0.3 is 11.9 Å². The molecular weight excluding hydrogens is 270 g/mol. The molecule has 1 atom stereocenters. The van der Waals surface area contributed by atoms with Gasteiger partial charge in [0, 0.05) is 6.42 Å². The van der Waals surface area contributed by atoms with E-state index >= 15 is 0 Å². The van der Waals surface area contributed by atoms with Crippen LogP contribution in [0.1, 0.15) is 18.9 Å². The molecule has 0 saturated heterocycles. The van der Waals surface area contributed by atoms with Gasteiger partial charge in [0.1, 0.15) is 0 Å². The molecule has 1 N–H and O–H groups in total. The van der Waals surface area contributed by atoms with Crippen LogP contribution in [-0.4, -0.2) is 30.1 Å². The number of rotatable bonds is 7. The molecule has 0 heterocycles. The second-order valence-electron chi connectivity index (χ2n) is 4.37. The summed E-state index contributed by atoms with van der Waals surface area (Å²) in [5.74, 6) is -2.73. The van der Waals surface area contributed by atoms with Crippen LogP contribution in [0, 0.1) is 5.41 Å². The molecule has 0 aliphatic carbocycles. The number of carboxylic acids is 1. The number of carbonyl (C=O) groups excluding carboxylic acids is 1. The molecule has 0 aliphatic rings. The number of benzene rings is 1. The van der Waals surface area contributed by atoms with Crippen molar-refractivity contribution < 1.29 is 28.2 Å². The highest BCUT2D eigenvalue weighted by molar-refractivity contribution is 5.99. The maximum atomic E-state index is 12.7. The Kier molecular flexibility index (Phi) is 5.61. The molecule has 110 valence electrons. The summed E-state index contributed by atoms with van der Waals surface area (Å²) in [6, 6.07) is 8.18. The van der Waals surface area contributed by atoms with Gasteiger partial charge in [0.05, 0.1) is 6.61 Å². The van der Waals surface area contributed by atoms with E-state index in [4.69, 9.17) is 0 Å². The third-order valence-corrected chi connectivity index (χ3v) is 2.93. The van der Waals surface area contributed by atoms with Gasteiger partial charge in [-0.05, 0) is 18.9 Å². The summed E-state index contributed by atoms with van der Waals surface area (Å²) in [6.07, 6.45) is -4.32. The van der Waals surface area contributed by atoms with E-state index in [9.17, 15) is 23.5 Å². The Morgan fingerprint density at radius 3 is 2.35 bits per heavy atom. The summed E-state index contributed by atoms with van der Waals surface area (Å²) in [6.45, 7) is 1.43. The highest BCUT2D eigenvalue weighted by Gasteiger charge is 2.49. The van der Waals surface area contributed by atoms with Crippen molar-refractivity contribution >= 4 is 11.9 Å². The first-order valence-corrected chi connectivity index (χ1v) is 6.15. The van der Waals surface area contributed by atoms with E-state index in [1.807, 2.05) is 0 Å². The van der Waals surface area contributed by atoms with Crippen molar-refractivity contribution in [3.05, 3.63) is 35.9 Å². The third kappa shape index (κ3) is 3.76. The number of ether oxygens (including phenoxy) is 1. The minimum absolute atomic E-state index is 0.0636. The van der Waals surface area contributed by atoms with Crippen molar-refractivity contribution in [1.82, 2.24) is 0 Å². The fraction of sp³-hybridized carbons (Fsp3) is 0.429. The van der Waals surface area contributed by atoms with E-state index < -0.39 is 30.2 Å². The Morgan fingerprint density at radius 2 is 1.90 bits per heavy atom. The number of alkyl halides is 2. The Bertz CT molecular complexity index is 462. The summed E-state index contributed by atoms with van der Waals surface area (Å²) in [4.78, 5) is 23.4. The first-order chi connectivity index (χ1) is 9.42. The Balaban J connectivity index is 3.15. The quantitative estimate of drug-likeness (QED) is 0.618. The minimum atomic E-state index is -2.92. The number of carboxylic acid groups (broad SMARTS) is 1. The topological polar surface area (TPSA) is 63.6 Å². The van der Waals surface area contributed by atoms with Crippen molar-refractivity contribution in [2.24, 2.45) is 5.41 Å². The second kappa shape index (κ2) is 6.98. The summed E-state index contributed by atoms with van der Waals surface area (Å²) in [5, 5.41) is 9.30. The average Bonchev–Trinajstić information content (AvgIpc) is 2.38. The molecular formula is C14H16F2O4. The van der Waals surface area contributed by atoms with Gasteiger partial charge in [-0.15, -0.1) is 0 Å². The normalized spacial score (nSPS) is 13.8. The summed E-state index contributed by atoms with van der Waals surface area (Å²) in [5.41, 5.74) is -1.77. The molecule has 0 bridgehead atoms. The molecule has 0 radical (unpaired) electrons. The molecule has 0 aliphatic heterocycles. The Morgan fingerprint density at radius 1 is 1.30 bits per heavy atom. The van der Waals surface area contributed by atoms with Gasteiger partial charge in [0.25, 0.3) is 0 Å². The van der Waals surface area contributed by atoms with Crippen molar-refractivity contribution in [2.45, 2.75) is 26.2 Å². The van der Waals surface area contributed by atoms with Gasteiger partial charge < -0.3 is 9.84 Å². The molecule has 1 unspecified atom stereocenters. The van der Waals surface area contributed by atoms with E-state index in [0.29, 0.717) is 5.56 Å². The SMILES string of the molecule is CCOC(=O)C(Cc1ccccc1)(CC(F)F)C(=O)O. The average molecular weight is 286 g/mol. The molecule has 0 amide bonds. The smallest absolute Gasteiger partial charge is 0.324 e. The molecule has 4 nitrogen and oxygen atoms in total. The number of hydrogen-bond acceptors (Lipinski definition) is 3. The van der Waals surface area contributed by atoms with Crippen molar-refractivity contribution in [3.63, 3.8) is 0 Å². The van der Waals surface area contributed by atoms with Crippen LogP contribution in [-0.2, 0) is 20.7 Å². The summed E-state index contributed by atoms with van der Waals surface area (Å²) < 4.78 is 30.1. The van der Waals surface area contributed by atoms with Gasteiger partial charge in [-0.1, -0.05) is 30.3 Å². The predicted octanol–water partition coefficient (Wildman–Crippen LogP) is 2.52. The van der Waals surface area contributed by atoms with E-state index in [-0.39, 0.29) is 13.0 Å². The molecule has 20 heavy (non-hydrogen) atoms. The molecule has 0 spiro atoms. The molecule has 0 saturated carbocycles. The lowest BCUT2D eigenvalue weighted by molar-refractivity contribution is -0.171. The predicted molar refractivity (Wildman–Crippen MR) is 67.5 cm³/mol. The third-order valence-electron chi connectivity index (χ3n) is 2.93. The van der Waals surface area contributed by atoms with E-state index in [2.05, 4.69) is 4.74 Å². The van der Waals surface area contributed by atoms with Gasteiger partial charge in [-0.25, -0.2) is 8.78 Å². The van der Waals surface area contributed by atoms with Gasteiger partial charge in [0.2, 0.25) is 6.43 Å². The molecule has 1 rings (SSSR count). The van der Waals surface area contributed by atoms with Crippen LogP contribution in [0.2, 0.25) is 0 Å². The molecule has 1 aromatic rings. The molecule has 6 heteroatoms. The molecule has 1 aromatic carbocycles. The largest absolute Gasteiger partial charge is 0.480 e. The molecule has 0 fully saturated rings. The van der Waals surface area contributed by atoms with Crippen LogP contribution < -0.4 is 0 Å². The number of esters is 1. The van der Waals surface area contributed by atoms with Crippen LogP contribution in [0.3, 0.4) is 0 Å². The molecule has 0 aromatic heterocycles. The van der Waals surface area contributed by atoms with Gasteiger partial charge in [0.15, 0.2) is 5.41 Å². The van der Waals surface area contributed by atoms with Crippen molar-refractivity contribution in [1.29, 1.82) is 0 Å². The lowest BCUT2D eigenvalue weighted by Gasteiger charge is -2.26. The van der Waals surface area contributed by atoms with E-state index in [1.54, 1.807) is 30.3 Å². The van der Waals surface area contributed by atoms with Gasteiger partial charge in [-0.3, -0.25) is 9.59 Å². The van der Waals surface area contributed by atoms with Gasteiger partial charge in [-0.2, -0.15) is 0 Å². The monoisotopic (exact) mass is 286 g/mol. The second-order valence-corrected chi connectivity index (χ2v) is 4.37. The number of hydrogen-bond donors (Lipinski definition) is 1. The lowest BCUT2D eigenvalue weighted by atomic mass is 9.78. The highest BCUT2D eigenvalue weighted by Crippen LogP contribution is 2.32. The minimum Gasteiger partial charge on any atom is -0.480 e. The fourth-order valence-electron chi connectivity index (χ4n) is 1.95. The first kappa shape index (κ1) is 16.1. The van der Waals surface area contributed by atoms with Crippen molar-refractivity contribution in [2.75, 3.05) is 6.61 Å². The zero-order valence-corrected chi connectivity index (χ0v) is 11.0. The maximum Gasteiger partial charge on any atom is 0.324 e. The number of carbonyl (C=O) groups is 2. The van der Waals surface area contributed by atoms with Crippen LogP contribution in [0.15, 0.2) is 30.3 Å². The highest BCUT2D eigenvalue weighted by atomic mass is 19.3. The number of aliphatic carboxylic acids is 1. The van der Waals surface area contributed by atoms with Crippen LogP contribution in [0.25, 0.3) is 0 Å². The van der Waals surface area contributed by atoms with Crippen LogP contribution >= 0.6 is 0 Å². The van der Waals surface area contributed by atoms with Crippen molar-refractivity contribution in [3.8, 4) is 0 Å². The maximum absolute atomic E-state index is 12.7. The van der Waals surface area contributed by atoms with E-state index in [0.717, 1.165) is 0 Å². The fourth-order valence-corrected chi connectivity index (χ4v) is 1.95. The zero-order chi connectivity index (χ0) is 15.2. The first-order valence-electron chi connectivity index (χ1n) is 6.15. The number of halogens is 2. The van der Waals surface area contributed by atoms with Crippen LogP contribution in [0.5, 0.6) is 0 Å². The lowest BCUT2D eigenvalue weighted by Crippen LogP contribution is -2.44. The summed E-state index contributed by atoms with van der Waals surface area (Å²) >= 11 is 0. The van der Waals surface area contributed by atoms with E-state index in [1.165, 1.54) is 6.92 Å².